The number of halogens is 1. The zero-order chi connectivity index (χ0) is 12.7. The molecule has 0 aromatic heterocycles. The molecule has 0 bridgehead atoms. The second kappa shape index (κ2) is 6.64. The first kappa shape index (κ1) is 13.2. The van der Waals surface area contributed by atoms with Crippen LogP contribution < -0.4 is 15.9 Å². The second-order valence-electron chi connectivity index (χ2n) is 2.98. The first-order valence-corrected chi connectivity index (χ1v) is 4.93. The highest BCUT2D eigenvalue weighted by atomic mass is 35.5. The summed E-state index contributed by atoms with van der Waals surface area (Å²) in [5.74, 6) is -1.05. The van der Waals surface area contributed by atoms with Crippen LogP contribution in [-0.2, 0) is 4.79 Å². The Balaban J connectivity index is 2.82. The maximum Gasteiger partial charge on any atom is 0.267 e. The fourth-order valence-electron chi connectivity index (χ4n) is 1.11. The van der Waals surface area contributed by atoms with Crippen molar-refractivity contribution < 1.29 is 14.8 Å². The van der Waals surface area contributed by atoms with Gasteiger partial charge in [0.15, 0.2) is 0 Å². The van der Waals surface area contributed by atoms with E-state index in [1.54, 1.807) is 24.3 Å². The average Bonchev–Trinajstić information content (AvgIpc) is 2.36. The molecule has 1 aromatic rings. The molecule has 2 amide bonds. The van der Waals surface area contributed by atoms with Crippen molar-refractivity contribution in [3.05, 3.63) is 41.5 Å². The summed E-state index contributed by atoms with van der Waals surface area (Å²) >= 11 is 5.13. The monoisotopic (exact) mass is 255 g/mol. The number of hydroxylamine groups is 1. The normalized spacial score (nSPS) is 10.2. The van der Waals surface area contributed by atoms with Gasteiger partial charge in [0.2, 0.25) is 0 Å². The van der Waals surface area contributed by atoms with Crippen molar-refractivity contribution in [2.75, 3.05) is 0 Å². The van der Waals surface area contributed by atoms with Gasteiger partial charge in [0, 0.05) is 11.6 Å². The van der Waals surface area contributed by atoms with Gasteiger partial charge in [-0.2, -0.15) is 0 Å². The number of rotatable bonds is 4. The fraction of sp³-hybridized carbons (Fsp3) is 0. The number of hydrogen-bond acceptors (Lipinski definition) is 4. The van der Waals surface area contributed by atoms with Crippen LogP contribution in [0.25, 0.3) is 6.08 Å². The molecule has 90 valence electrons. The van der Waals surface area contributed by atoms with Crippen LogP contribution >= 0.6 is 11.8 Å². The molecule has 0 aliphatic rings. The zero-order valence-electron chi connectivity index (χ0n) is 8.61. The summed E-state index contributed by atoms with van der Waals surface area (Å²) in [4.78, 5) is 24.1. The molecule has 0 aliphatic heterocycles. The lowest BCUT2D eigenvalue weighted by molar-refractivity contribution is -0.124. The predicted molar refractivity (Wildman–Crippen MR) is 61.9 cm³/mol. The number of carbonyl (C=O) groups is 2. The fourth-order valence-corrected chi connectivity index (χ4v) is 1.19. The molecule has 0 saturated carbocycles. The highest BCUT2D eigenvalue weighted by molar-refractivity contribution is 6.14. The number of nitrogens with one attached hydrogen (secondary N) is 3. The molecule has 17 heavy (non-hydrogen) atoms. The molecular weight excluding hydrogens is 246 g/mol. The Morgan fingerprint density at radius 3 is 2.76 bits per heavy atom. The minimum atomic E-state index is -0.651. The molecule has 7 heteroatoms. The maximum absolute atomic E-state index is 11.4. The van der Waals surface area contributed by atoms with E-state index in [-0.39, 0.29) is 0 Å². The van der Waals surface area contributed by atoms with Crippen molar-refractivity contribution in [3.8, 4) is 0 Å². The average molecular weight is 256 g/mol. The summed E-state index contributed by atoms with van der Waals surface area (Å²) in [6, 6.07) is 6.50. The molecule has 0 spiro atoms. The lowest BCUT2D eigenvalue weighted by atomic mass is 10.1. The topological polar surface area (TPSA) is 90.5 Å². The van der Waals surface area contributed by atoms with E-state index in [0.29, 0.717) is 11.1 Å². The maximum atomic E-state index is 11.4. The smallest absolute Gasteiger partial charge is 0.267 e. The lowest BCUT2D eigenvalue weighted by Gasteiger charge is -2.02. The Morgan fingerprint density at radius 2 is 2.12 bits per heavy atom. The van der Waals surface area contributed by atoms with Crippen LogP contribution in [0.15, 0.2) is 30.3 Å². The third kappa shape index (κ3) is 4.23. The molecule has 6 nitrogen and oxygen atoms in total. The largest absolute Gasteiger partial charge is 0.288 e. The quantitative estimate of drug-likeness (QED) is 0.274. The zero-order valence-corrected chi connectivity index (χ0v) is 9.36. The van der Waals surface area contributed by atoms with Gasteiger partial charge < -0.3 is 0 Å². The molecular formula is C10H10ClN3O3. The van der Waals surface area contributed by atoms with Crippen LogP contribution in [0.3, 0.4) is 0 Å². The SMILES string of the molecule is O=C(/C=C/c1cccc(C(=O)NNCl)c1)NO. The molecule has 0 radical (unpaired) electrons. The minimum Gasteiger partial charge on any atom is -0.288 e. The molecule has 0 saturated heterocycles. The van der Waals surface area contributed by atoms with Crippen LogP contribution in [0.2, 0.25) is 0 Å². The molecule has 0 atom stereocenters. The molecule has 1 aromatic carbocycles. The van der Waals surface area contributed by atoms with E-state index in [4.69, 9.17) is 17.0 Å². The Kier molecular flexibility index (Phi) is 5.15. The van der Waals surface area contributed by atoms with Crippen molar-refractivity contribution in [1.29, 1.82) is 0 Å². The number of hydrazine groups is 1. The summed E-state index contributed by atoms with van der Waals surface area (Å²) in [6.45, 7) is 0. The molecule has 4 N–H and O–H groups in total. The van der Waals surface area contributed by atoms with E-state index in [1.807, 2.05) is 4.94 Å². The number of benzene rings is 1. The Labute approximate surface area is 102 Å². The van der Waals surface area contributed by atoms with Gasteiger partial charge in [0.25, 0.3) is 11.8 Å². The van der Waals surface area contributed by atoms with Gasteiger partial charge >= 0.3 is 0 Å². The Hall–Kier alpha value is -1.89. The first-order chi connectivity index (χ1) is 8.17. The summed E-state index contributed by atoms with van der Waals surface area (Å²) in [7, 11) is 0. The summed E-state index contributed by atoms with van der Waals surface area (Å²) < 4.78 is 0. The van der Waals surface area contributed by atoms with Gasteiger partial charge in [-0.1, -0.05) is 12.1 Å². The van der Waals surface area contributed by atoms with Gasteiger partial charge in [-0.15, -0.1) is 4.94 Å². The number of amides is 2. The van der Waals surface area contributed by atoms with E-state index in [1.165, 1.54) is 11.6 Å². The van der Waals surface area contributed by atoms with Crippen molar-refractivity contribution in [2.24, 2.45) is 0 Å². The van der Waals surface area contributed by atoms with Crippen LogP contribution in [0, 0.1) is 0 Å². The van der Waals surface area contributed by atoms with Gasteiger partial charge in [0.05, 0.1) is 0 Å². The summed E-state index contributed by atoms with van der Waals surface area (Å²) in [6.07, 6.45) is 2.59. The van der Waals surface area contributed by atoms with Gasteiger partial charge in [-0.05, 0) is 35.5 Å². The van der Waals surface area contributed by atoms with Gasteiger partial charge in [-0.25, -0.2) is 5.48 Å². The van der Waals surface area contributed by atoms with E-state index in [2.05, 4.69) is 5.43 Å². The Morgan fingerprint density at radius 1 is 1.35 bits per heavy atom. The second-order valence-corrected chi connectivity index (χ2v) is 3.17. The van der Waals surface area contributed by atoms with E-state index in [0.717, 1.165) is 6.08 Å². The highest BCUT2D eigenvalue weighted by Gasteiger charge is 2.03. The van der Waals surface area contributed by atoms with Crippen LogP contribution in [0.1, 0.15) is 15.9 Å². The number of carbonyl (C=O) groups excluding carboxylic acids is 2. The van der Waals surface area contributed by atoms with Crippen molar-refractivity contribution in [3.63, 3.8) is 0 Å². The van der Waals surface area contributed by atoms with E-state index < -0.39 is 11.8 Å². The van der Waals surface area contributed by atoms with Crippen molar-refractivity contribution in [2.45, 2.75) is 0 Å². The molecule has 0 heterocycles. The van der Waals surface area contributed by atoms with E-state index in [9.17, 15) is 9.59 Å². The summed E-state index contributed by atoms with van der Waals surface area (Å²) in [5, 5.41) is 8.29. The minimum absolute atomic E-state index is 0.379. The lowest BCUT2D eigenvalue weighted by Crippen LogP contribution is -2.30. The van der Waals surface area contributed by atoms with Gasteiger partial charge in [0.1, 0.15) is 0 Å². The summed E-state index contributed by atoms with van der Waals surface area (Å²) in [5.41, 5.74) is 4.67. The first-order valence-electron chi connectivity index (χ1n) is 4.55. The third-order valence-corrected chi connectivity index (χ3v) is 1.94. The van der Waals surface area contributed by atoms with Crippen molar-refractivity contribution in [1.82, 2.24) is 15.9 Å². The Bertz CT molecular complexity index is 448. The van der Waals surface area contributed by atoms with Crippen molar-refractivity contribution >= 4 is 29.7 Å². The van der Waals surface area contributed by atoms with Gasteiger partial charge in [-0.3, -0.25) is 20.2 Å². The van der Waals surface area contributed by atoms with Crippen LogP contribution in [-0.4, -0.2) is 17.0 Å². The van der Waals surface area contributed by atoms with Crippen LogP contribution in [0.5, 0.6) is 0 Å². The molecule has 0 fully saturated rings. The van der Waals surface area contributed by atoms with E-state index >= 15 is 0 Å². The molecule has 0 aliphatic carbocycles. The standard InChI is InChI=1S/C10H10ClN3O3/c11-14-12-10(16)8-3-1-2-7(6-8)4-5-9(15)13-17/h1-6,14,17H,(H,12,16)(H,13,15)/b5-4+. The highest BCUT2D eigenvalue weighted by Crippen LogP contribution is 2.07. The molecule has 1 rings (SSSR count). The molecule has 0 unspecified atom stereocenters. The number of hydrogen-bond donors (Lipinski definition) is 4. The third-order valence-electron chi connectivity index (χ3n) is 1.85. The van der Waals surface area contributed by atoms with Crippen LogP contribution in [0.4, 0.5) is 0 Å². The predicted octanol–water partition coefficient (Wildman–Crippen LogP) is 0.593.